The molecule has 3 aromatic carbocycles. The third-order valence-electron chi connectivity index (χ3n) is 5.48. The van der Waals surface area contributed by atoms with Gasteiger partial charge < -0.3 is 10.2 Å². The van der Waals surface area contributed by atoms with Crippen LogP contribution in [0.1, 0.15) is 12.5 Å². The molecule has 3 rings (SSSR count). The number of nitrogens with one attached hydrogen (secondary N) is 1. The number of halogens is 3. The lowest BCUT2D eigenvalue weighted by Gasteiger charge is -2.31. The highest BCUT2D eigenvalue weighted by Crippen LogP contribution is 2.26. The minimum absolute atomic E-state index is 0.0243. The number of nitrogens with zero attached hydrogens (tertiary/aromatic N) is 2. The van der Waals surface area contributed by atoms with E-state index in [9.17, 15) is 22.4 Å². The summed E-state index contributed by atoms with van der Waals surface area (Å²) in [7, 11) is -2.82. The molecule has 0 fully saturated rings. The number of sulfonamides is 1. The maximum Gasteiger partial charge on any atom is 0.264 e. The van der Waals surface area contributed by atoms with Gasteiger partial charge in [-0.05, 0) is 61.0 Å². The lowest BCUT2D eigenvalue weighted by Crippen LogP contribution is -2.50. The average Bonchev–Trinajstić information content (AvgIpc) is 2.87. The van der Waals surface area contributed by atoms with Gasteiger partial charge in [0, 0.05) is 13.6 Å². The lowest BCUT2D eigenvalue weighted by molar-refractivity contribution is -0.139. The topological polar surface area (TPSA) is 86.8 Å². The Balaban J connectivity index is 2.01. The molecule has 0 radical (unpaired) electrons. The number of anilines is 1. The average molecular weight is 552 g/mol. The van der Waals surface area contributed by atoms with Crippen molar-refractivity contribution < 1.29 is 22.4 Å². The third-order valence-corrected chi connectivity index (χ3v) is 8.00. The number of hydrogen-bond donors (Lipinski definition) is 1. The Kier molecular flexibility index (Phi) is 8.94. The number of rotatable bonds is 9. The summed E-state index contributed by atoms with van der Waals surface area (Å²) in [6.45, 7) is 0.908. The van der Waals surface area contributed by atoms with Gasteiger partial charge in [0.25, 0.3) is 10.0 Å². The summed E-state index contributed by atoms with van der Waals surface area (Å²) in [5.74, 6) is -1.66. The minimum Gasteiger partial charge on any atom is -0.357 e. The number of likely N-dealkylation sites (N-methyl/N-ethyl adjacent to an activating group) is 1. The van der Waals surface area contributed by atoms with Gasteiger partial charge in [-0.15, -0.1) is 0 Å². The number of carbonyl (C=O) groups excluding carboxylic acids is 2. The van der Waals surface area contributed by atoms with Crippen LogP contribution in [0.4, 0.5) is 10.1 Å². The molecular weight excluding hydrogens is 528 g/mol. The van der Waals surface area contributed by atoms with E-state index in [1.54, 1.807) is 48.5 Å². The fourth-order valence-corrected chi connectivity index (χ4v) is 5.22. The largest absolute Gasteiger partial charge is 0.357 e. The highest BCUT2D eigenvalue weighted by molar-refractivity contribution is 7.92. The molecule has 0 saturated heterocycles. The van der Waals surface area contributed by atoms with Crippen LogP contribution in [0, 0.1) is 5.82 Å². The maximum absolute atomic E-state index is 13.6. The van der Waals surface area contributed by atoms with E-state index in [0.717, 1.165) is 28.6 Å². The molecule has 0 aliphatic rings. The van der Waals surface area contributed by atoms with Crippen LogP contribution in [-0.4, -0.2) is 44.8 Å². The van der Waals surface area contributed by atoms with Crippen LogP contribution >= 0.6 is 23.2 Å². The van der Waals surface area contributed by atoms with Crippen LogP contribution in [0.15, 0.2) is 77.7 Å². The molecule has 0 aromatic heterocycles. The Labute approximate surface area is 219 Å². The van der Waals surface area contributed by atoms with Gasteiger partial charge in [-0.2, -0.15) is 0 Å². The van der Waals surface area contributed by atoms with Gasteiger partial charge in [-0.1, -0.05) is 47.5 Å². The number of hydrogen-bond acceptors (Lipinski definition) is 4. The van der Waals surface area contributed by atoms with Gasteiger partial charge in [0.2, 0.25) is 11.8 Å². The first kappa shape index (κ1) is 27.4. The van der Waals surface area contributed by atoms with E-state index in [2.05, 4.69) is 5.32 Å². The first-order valence-corrected chi connectivity index (χ1v) is 13.0. The Hall–Kier alpha value is -3.14. The Morgan fingerprint density at radius 2 is 1.61 bits per heavy atom. The molecule has 0 bridgehead atoms. The molecule has 0 aliphatic carbocycles. The van der Waals surface area contributed by atoms with Crippen molar-refractivity contribution in [2.24, 2.45) is 0 Å². The van der Waals surface area contributed by atoms with Crippen LogP contribution in [0.2, 0.25) is 10.0 Å². The van der Waals surface area contributed by atoms with Gasteiger partial charge in [-0.25, -0.2) is 12.8 Å². The normalized spacial score (nSPS) is 12.0. The van der Waals surface area contributed by atoms with Crippen LogP contribution < -0.4 is 9.62 Å². The quantitative estimate of drug-likeness (QED) is 0.424. The van der Waals surface area contributed by atoms with Crippen LogP contribution in [0.25, 0.3) is 0 Å². The summed E-state index contributed by atoms with van der Waals surface area (Å²) in [6, 6.07) is 16.3. The van der Waals surface area contributed by atoms with Gasteiger partial charge in [0.1, 0.15) is 18.4 Å². The molecule has 0 aliphatic heterocycles. The first-order valence-electron chi connectivity index (χ1n) is 10.8. The predicted octanol–water partition coefficient (Wildman–Crippen LogP) is 4.49. The van der Waals surface area contributed by atoms with Crippen molar-refractivity contribution in [3.63, 3.8) is 0 Å². The predicted molar refractivity (Wildman–Crippen MR) is 138 cm³/mol. The van der Waals surface area contributed by atoms with Crippen molar-refractivity contribution in [3.05, 3.63) is 94.2 Å². The van der Waals surface area contributed by atoms with Gasteiger partial charge in [0.05, 0.1) is 20.6 Å². The number of para-hydroxylation sites is 1. The van der Waals surface area contributed by atoms with E-state index < -0.39 is 40.2 Å². The van der Waals surface area contributed by atoms with E-state index in [1.807, 2.05) is 0 Å². The molecule has 0 saturated carbocycles. The molecule has 3 aromatic rings. The van der Waals surface area contributed by atoms with Crippen molar-refractivity contribution in [2.45, 2.75) is 24.4 Å². The number of benzene rings is 3. The minimum atomic E-state index is -4.26. The fraction of sp³-hybridized carbons (Fsp3) is 0.200. The van der Waals surface area contributed by atoms with Crippen LogP contribution in [0.3, 0.4) is 0 Å². The molecule has 2 amide bonds. The molecule has 11 heteroatoms. The fourth-order valence-electron chi connectivity index (χ4n) is 3.48. The number of amides is 2. The zero-order valence-electron chi connectivity index (χ0n) is 19.5. The van der Waals surface area contributed by atoms with Crippen LogP contribution in [-0.2, 0) is 26.2 Å². The summed E-state index contributed by atoms with van der Waals surface area (Å²) in [5, 5.41) is 3.11. The zero-order valence-corrected chi connectivity index (χ0v) is 21.8. The molecule has 1 unspecified atom stereocenters. The van der Waals surface area contributed by atoms with Crippen molar-refractivity contribution in [2.75, 3.05) is 17.9 Å². The van der Waals surface area contributed by atoms with E-state index in [1.165, 1.54) is 18.9 Å². The van der Waals surface area contributed by atoms with Crippen molar-refractivity contribution in [1.29, 1.82) is 0 Å². The molecule has 36 heavy (non-hydrogen) atoms. The summed E-state index contributed by atoms with van der Waals surface area (Å²) in [4.78, 5) is 27.1. The second-order valence-corrected chi connectivity index (χ2v) is 10.5. The van der Waals surface area contributed by atoms with Crippen molar-refractivity contribution in [1.82, 2.24) is 10.2 Å². The first-order chi connectivity index (χ1) is 17.0. The molecule has 190 valence electrons. The van der Waals surface area contributed by atoms with Gasteiger partial charge in [0.15, 0.2) is 0 Å². The van der Waals surface area contributed by atoms with Gasteiger partial charge >= 0.3 is 0 Å². The van der Waals surface area contributed by atoms with E-state index in [-0.39, 0.29) is 22.2 Å². The monoisotopic (exact) mass is 551 g/mol. The Morgan fingerprint density at radius 3 is 2.19 bits per heavy atom. The summed E-state index contributed by atoms with van der Waals surface area (Å²) >= 11 is 12.1. The Bertz CT molecular complexity index is 1340. The molecule has 1 atom stereocenters. The molecule has 0 heterocycles. The van der Waals surface area contributed by atoms with E-state index in [4.69, 9.17) is 23.2 Å². The van der Waals surface area contributed by atoms with E-state index >= 15 is 0 Å². The van der Waals surface area contributed by atoms with Crippen LogP contribution in [0.5, 0.6) is 0 Å². The van der Waals surface area contributed by atoms with E-state index in [0.29, 0.717) is 10.6 Å². The van der Waals surface area contributed by atoms with Gasteiger partial charge in [-0.3, -0.25) is 13.9 Å². The smallest absolute Gasteiger partial charge is 0.264 e. The lowest BCUT2D eigenvalue weighted by atomic mass is 10.1. The Morgan fingerprint density at radius 1 is 0.972 bits per heavy atom. The van der Waals surface area contributed by atoms with Crippen molar-refractivity contribution in [3.8, 4) is 0 Å². The molecule has 7 nitrogen and oxygen atoms in total. The summed E-state index contributed by atoms with van der Waals surface area (Å²) < 4.78 is 41.4. The third kappa shape index (κ3) is 6.34. The maximum atomic E-state index is 13.6. The SMILES string of the molecule is CNC(=O)C(C)N(Cc1ccc(Cl)c(Cl)c1)C(=O)CN(c1ccccc1)S(=O)(=O)c1ccc(F)cc1. The molecule has 0 spiro atoms. The number of carbonyl (C=O) groups is 2. The second-order valence-electron chi connectivity index (χ2n) is 7.86. The second kappa shape index (κ2) is 11.7. The highest BCUT2D eigenvalue weighted by atomic mass is 35.5. The zero-order chi connectivity index (χ0) is 26.5. The molecule has 1 N–H and O–H groups in total. The highest BCUT2D eigenvalue weighted by Gasteiger charge is 2.32. The summed E-state index contributed by atoms with van der Waals surface area (Å²) in [5.41, 5.74) is 0.832. The van der Waals surface area contributed by atoms with Crippen molar-refractivity contribution >= 4 is 50.7 Å². The molecular formula is C25H24Cl2FN3O4S. The summed E-state index contributed by atoms with van der Waals surface area (Å²) in [6.07, 6.45) is 0. The standard InChI is InChI=1S/C25H24Cl2FN3O4S/c1-17(25(33)29-2)30(15-18-8-13-22(26)23(27)14-18)24(32)16-31(20-6-4-3-5-7-20)36(34,35)21-11-9-19(28)10-12-21/h3-14,17H,15-16H2,1-2H3,(H,29,33).